The highest BCUT2D eigenvalue weighted by Gasteiger charge is 2.27. The molecule has 0 saturated carbocycles. The number of primary amides is 1. The first kappa shape index (κ1) is 21.7. The Morgan fingerprint density at radius 3 is 2.19 bits per heavy atom. The van der Waals surface area contributed by atoms with Crippen LogP contribution in [0.15, 0.2) is 24.5 Å². The van der Waals surface area contributed by atoms with E-state index in [1.165, 1.54) is 38.4 Å². The second-order valence-electron chi connectivity index (χ2n) is 6.07. The lowest BCUT2D eigenvalue weighted by Gasteiger charge is -2.18. The minimum Gasteiger partial charge on any atom is -0.480 e. The molecule has 27 heavy (non-hydrogen) atoms. The van der Waals surface area contributed by atoms with Gasteiger partial charge in [0.15, 0.2) is 5.78 Å². The van der Waals surface area contributed by atoms with E-state index < -0.39 is 53.9 Å². The normalized spacial score (nSPS) is 13.7. The molecule has 0 fully saturated rings. The van der Waals surface area contributed by atoms with Crippen molar-refractivity contribution < 1.29 is 29.1 Å². The van der Waals surface area contributed by atoms with Crippen LogP contribution >= 0.6 is 0 Å². The number of Topliss-reactive ketones (excluding diaryl/α,β-unsaturated/α-hetero) is 1. The summed E-state index contributed by atoms with van der Waals surface area (Å²) < 4.78 is 0. The third-order valence-electron chi connectivity index (χ3n) is 3.75. The largest absolute Gasteiger partial charge is 0.480 e. The summed E-state index contributed by atoms with van der Waals surface area (Å²) in [7, 11) is 0. The first-order valence-electron chi connectivity index (χ1n) is 8.16. The highest BCUT2D eigenvalue weighted by molar-refractivity contribution is 5.98. The van der Waals surface area contributed by atoms with Crippen LogP contribution in [0.5, 0.6) is 0 Å². The van der Waals surface area contributed by atoms with Crippen molar-refractivity contribution in [2.45, 2.75) is 38.8 Å². The monoisotopic (exact) mass is 378 g/mol. The zero-order valence-corrected chi connectivity index (χ0v) is 15.0. The Hall–Kier alpha value is -3.30. The number of carboxylic acids is 1. The van der Waals surface area contributed by atoms with Gasteiger partial charge in [-0.05, 0) is 19.1 Å². The van der Waals surface area contributed by atoms with Gasteiger partial charge in [-0.25, -0.2) is 4.79 Å². The number of hydrogen-bond donors (Lipinski definition) is 4. The number of nitrogens with two attached hydrogens (primary N) is 1. The molecule has 0 aromatic carbocycles. The van der Waals surface area contributed by atoms with E-state index >= 15 is 0 Å². The van der Waals surface area contributed by atoms with Crippen molar-refractivity contribution in [2.24, 2.45) is 11.7 Å². The van der Waals surface area contributed by atoms with Crippen LogP contribution in [0.3, 0.4) is 0 Å². The number of aromatic nitrogens is 1. The van der Waals surface area contributed by atoms with Crippen molar-refractivity contribution in [3.05, 3.63) is 30.1 Å². The maximum Gasteiger partial charge on any atom is 0.326 e. The average molecular weight is 378 g/mol. The third-order valence-corrected chi connectivity index (χ3v) is 3.75. The lowest BCUT2D eigenvalue weighted by atomic mass is 9.99. The van der Waals surface area contributed by atoms with E-state index in [9.17, 15) is 24.0 Å². The SMILES string of the molecule is C[C@H](NC(=O)c1ccncc1)C(=O)C[C@H](C)C(=O)N[C@@H](CC(N)=O)C(=O)O. The number of amides is 3. The quantitative estimate of drug-likeness (QED) is 0.415. The van der Waals surface area contributed by atoms with Crippen LogP contribution in [-0.2, 0) is 19.2 Å². The van der Waals surface area contributed by atoms with Crippen LogP contribution in [0.1, 0.15) is 37.0 Å². The van der Waals surface area contributed by atoms with Crippen LogP contribution in [0, 0.1) is 5.92 Å². The lowest BCUT2D eigenvalue weighted by Crippen LogP contribution is -2.46. The fourth-order valence-corrected chi connectivity index (χ4v) is 2.15. The molecular formula is C17H22N4O6. The first-order chi connectivity index (χ1) is 12.6. The fraction of sp³-hybridized carbons (Fsp3) is 0.412. The van der Waals surface area contributed by atoms with E-state index in [-0.39, 0.29) is 6.42 Å². The minimum absolute atomic E-state index is 0.216. The van der Waals surface area contributed by atoms with E-state index in [0.29, 0.717) is 5.56 Å². The minimum atomic E-state index is -1.46. The smallest absolute Gasteiger partial charge is 0.326 e. The molecule has 0 aliphatic rings. The van der Waals surface area contributed by atoms with Gasteiger partial charge in [0.25, 0.3) is 5.91 Å². The topological polar surface area (TPSA) is 169 Å². The molecule has 1 heterocycles. The van der Waals surface area contributed by atoms with E-state index in [1.807, 2.05) is 0 Å². The summed E-state index contributed by atoms with van der Waals surface area (Å²) in [5.74, 6) is -4.70. The number of carbonyl (C=O) groups is 5. The number of rotatable bonds is 10. The zero-order valence-electron chi connectivity index (χ0n) is 15.0. The Morgan fingerprint density at radius 1 is 1.07 bits per heavy atom. The van der Waals surface area contributed by atoms with E-state index in [0.717, 1.165) is 0 Å². The highest BCUT2D eigenvalue weighted by atomic mass is 16.4. The van der Waals surface area contributed by atoms with Crippen LogP contribution in [-0.4, -0.2) is 51.6 Å². The number of ketones is 1. The molecule has 5 N–H and O–H groups in total. The fourth-order valence-electron chi connectivity index (χ4n) is 2.15. The molecule has 10 heteroatoms. The van der Waals surface area contributed by atoms with Crippen molar-refractivity contribution in [2.75, 3.05) is 0 Å². The number of carboxylic acid groups (broad SMARTS) is 1. The molecule has 1 rings (SSSR count). The number of nitrogens with one attached hydrogen (secondary N) is 2. The van der Waals surface area contributed by atoms with E-state index in [2.05, 4.69) is 15.6 Å². The Bertz CT molecular complexity index is 721. The molecule has 1 aromatic rings. The summed E-state index contributed by atoms with van der Waals surface area (Å²) in [5.41, 5.74) is 5.29. The molecule has 0 unspecified atom stereocenters. The number of aliphatic carboxylic acids is 1. The second-order valence-corrected chi connectivity index (χ2v) is 6.07. The maximum atomic E-state index is 12.2. The summed E-state index contributed by atoms with van der Waals surface area (Å²) in [4.78, 5) is 62.0. The summed E-state index contributed by atoms with van der Waals surface area (Å²) >= 11 is 0. The molecule has 0 radical (unpaired) electrons. The highest BCUT2D eigenvalue weighted by Crippen LogP contribution is 2.07. The lowest BCUT2D eigenvalue weighted by molar-refractivity contribution is -0.144. The van der Waals surface area contributed by atoms with Crippen LogP contribution < -0.4 is 16.4 Å². The molecule has 1 aromatic heterocycles. The van der Waals surface area contributed by atoms with Gasteiger partial charge in [-0.1, -0.05) is 6.92 Å². The number of pyridine rings is 1. The maximum absolute atomic E-state index is 12.2. The summed E-state index contributed by atoms with van der Waals surface area (Å²) in [5, 5.41) is 13.7. The Kier molecular flexibility index (Phi) is 8.05. The van der Waals surface area contributed by atoms with Gasteiger partial charge in [0.05, 0.1) is 12.5 Å². The van der Waals surface area contributed by atoms with Crippen LogP contribution in [0.2, 0.25) is 0 Å². The van der Waals surface area contributed by atoms with Crippen molar-refractivity contribution in [1.29, 1.82) is 0 Å². The molecule has 3 atom stereocenters. The summed E-state index contributed by atoms with van der Waals surface area (Å²) in [6, 6.07) is 0.680. The molecule has 0 bridgehead atoms. The van der Waals surface area contributed by atoms with Gasteiger partial charge in [0, 0.05) is 30.3 Å². The van der Waals surface area contributed by atoms with Crippen molar-refractivity contribution >= 4 is 29.5 Å². The molecule has 0 aliphatic carbocycles. The van der Waals surface area contributed by atoms with Crippen molar-refractivity contribution in [3.63, 3.8) is 0 Å². The van der Waals surface area contributed by atoms with Gasteiger partial charge < -0.3 is 21.5 Å². The molecule has 10 nitrogen and oxygen atoms in total. The van der Waals surface area contributed by atoms with E-state index in [4.69, 9.17) is 10.8 Å². The molecule has 0 aliphatic heterocycles. The Balaban J connectivity index is 2.58. The van der Waals surface area contributed by atoms with Crippen LogP contribution in [0.25, 0.3) is 0 Å². The van der Waals surface area contributed by atoms with Gasteiger partial charge in [0.1, 0.15) is 6.04 Å². The number of nitrogens with zero attached hydrogens (tertiary/aromatic N) is 1. The van der Waals surface area contributed by atoms with Crippen LogP contribution in [0.4, 0.5) is 0 Å². The molecule has 3 amide bonds. The number of carbonyl (C=O) groups excluding carboxylic acids is 4. The number of hydrogen-bond acceptors (Lipinski definition) is 6. The summed E-state index contributed by atoms with van der Waals surface area (Å²) in [6.45, 7) is 2.92. The van der Waals surface area contributed by atoms with Gasteiger partial charge >= 0.3 is 5.97 Å². The van der Waals surface area contributed by atoms with Gasteiger partial charge in [-0.2, -0.15) is 0 Å². The van der Waals surface area contributed by atoms with Gasteiger partial charge in [-0.15, -0.1) is 0 Å². The molecule has 0 spiro atoms. The molecular weight excluding hydrogens is 356 g/mol. The molecule has 146 valence electrons. The van der Waals surface area contributed by atoms with Crippen molar-refractivity contribution in [3.8, 4) is 0 Å². The summed E-state index contributed by atoms with van der Waals surface area (Å²) in [6.07, 6.45) is 2.12. The third kappa shape index (κ3) is 7.22. The predicted octanol–water partition coefficient (Wildman–Crippen LogP) is -0.760. The van der Waals surface area contributed by atoms with E-state index in [1.54, 1.807) is 0 Å². The first-order valence-corrected chi connectivity index (χ1v) is 8.16. The second kappa shape index (κ2) is 10.00. The van der Waals surface area contributed by atoms with Crippen molar-refractivity contribution in [1.82, 2.24) is 15.6 Å². The zero-order chi connectivity index (χ0) is 20.6. The Labute approximate surface area is 155 Å². The average Bonchev–Trinajstić information content (AvgIpc) is 2.60. The van der Waals surface area contributed by atoms with Gasteiger partial charge in [0.2, 0.25) is 11.8 Å². The van der Waals surface area contributed by atoms with Gasteiger partial charge in [-0.3, -0.25) is 24.2 Å². The predicted molar refractivity (Wildman–Crippen MR) is 93.3 cm³/mol. The molecule has 0 saturated heterocycles. The Morgan fingerprint density at radius 2 is 1.67 bits per heavy atom. The standard InChI is InChI=1S/C17H22N4O6/c1-9(15(24)21-12(17(26)27)8-14(18)23)7-13(22)10(2)20-16(25)11-3-5-19-6-4-11/h3-6,9-10,12H,7-8H2,1-2H3,(H2,18,23)(H,20,25)(H,21,24)(H,26,27)/t9-,10-,12-/m0/s1.